The molecule has 0 fully saturated rings. The quantitative estimate of drug-likeness (QED) is 0.312. The van der Waals surface area contributed by atoms with Crippen LogP contribution in [0.3, 0.4) is 0 Å². The molecule has 1 unspecified atom stereocenters. The minimum absolute atomic E-state index is 0. The first-order chi connectivity index (χ1) is 13.5. The standard InChI is InChI=1S/C20H30N6O2.HI/c1-5-21-20(22-11-14-10-16(28-4)7-8-17(14)27)23-15-6-9-18-24-19(13(2)3)25-26(18)12-15;/h7-8,10,13,15,27H,5-6,9,11-12H2,1-4H3,(H2,21,22,23);1H. The zero-order valence-corrected chi connectivity index (χ0v) is 19.8. The molecule has 1 aromatic heterocycles. The number of nitrogens with zero attached hydrogens (tertiary/aromatic N) is 4. The van der Waals surface area contributed by atoms with E-state index in [0.717, 1.165) is 49.1 Å². The van der Waals surface area contributed by atoms with Crippen LogP contribution in [0.2, 0.25) is 0 Å². The Morgan fingerprint density at radius 3 is 2.90 bits per heavy atom. The lowest BCUT2D eigenvalue weighted by Crippen LogP contribution is -2.47. The van der Waals surface area contributed by atoms with Crippen molar-refractivity contribution in [3.05, 3.63) is 35.4 Å². The first kappa shape index (κ1) is 23.2. The van der Waals surface area contributed by atoms with E-state index in [1.165, 1.54) is 0 Å². The summed E-state index contributed by atoms with van der Waals surface area (Å²) in [5.74, 6) is 3.94. The van der Waals surface area contributed by atoms with Crippen LogP contribution in [-0.2, 0) is 19.5 Å². The molecule has 2 aromatic rings. The van der Waals surface area contributed by atoms with E-state index in [9.17, 15) is 5.11 Å². The first-order valence-electron chi connectivity index (χ1n) is 9.84. The van der Waals surface area contributed by atoms with E-state index in [2.05, 4.69) is 39.6 Å². The number of hydrogen-bond acceptors (Lipinski definition) is 5. The summed E-state index contributed by atoms with van der Waals surface area (Å²) in [5.41, 5.74) is 0.723. The fourth-order valence-electron chi connectivity index (χ4n) is 3.18. The summed E-state index contributed by atoms with van der Waals surface area (Å²) in [6, 6.07) is 5.39. The molecule has 0 spiro atoms. The van der Waals surface area contributed by atoms with E-state index < -0.39 is 0 Å². The Kier molecular flexibility index (Phi) is 8.54. The lowest BCUT2D eigenvalue weighted by atomic mass is 10.1. The lowest BCUT2D eigenvalue weighted by molar-refractivity contribution is 0.391. The second kappa shape index (κ2) is 10.7. The predicted octanol–water partition coefficient (Wildman–Crippen LogP) is 2.80. The van der Waals surface area contributed by atoms with Gasteiger partial charge in [0.2, 0.25) is 0 Å². The van der Waals surface area contributed by atoms with Gasteiger partial charge in [0.05, 0.1) is 20.2 Å². The number of phenolic OH excluding ortho intramolecular Hbond substituents is 1. The molecule has 8 nitrogen and oxygen atoms in total. The van der Waals surface area contributed by atoms with Crippen molar-refractivity contribution in [2.75, 3.05) is 13.7 Å². The average Bonchev–Trinajstić information content (AvgIpc) is 3.11. The number of aromatic nitrogens is 3. The zero-order valence-electron chi connectivity index (χ0n) is 17.5. The van der Waals surface area contributed by atoms with Crippen molar-refractivity contribution in [1.29, 1.82) is 0 Å². The van der Waals surface area contributed by atoms with Crippen molar-refractivity contribution in [3.8, 4) is 11.5 Å². The molecule has 9 heteroatoms. The number of phenols is 1. The Morgan fingerprint density at radius 1 is 1.41 bits per heavy atom. The third kappa shape index (κ3) is 5.97. The molecular formula is C20H31IN6O2. The second-order valence-electron chi connectivity index (χ2n) is 7.29. The highest BCUT2D eigenvalue weighted by molar-refractivity contribution is 14.0. The summed E-state index contributed by atoms with van der Waals surface area (Å²) in [6.07, 6.45) is 1.87. The maximum Gasteiger partial charge on any atom is 0.191 e. The van der Waals surface area contributed by atoms with Gasteiger partial charge >= 0.3 is 0 Å². The summed E-state index contributed by atoms with van der Waals surface area (Å²) >= 11 is 0. The van der Waals surface area contributed by atoms with Crippen molar-refractivity contribution in [2.45, 2.75) is 58.7 Å². The smallest absolute Gasteiger partial charge is 0.191 e. The van der Waals surface area contributed by atoms with E-state index in [4.69, 9.17) is 4.74 Å². The fourth-order valence-corrected chi connectivity index (χ4v) is 3.18. The third-order valence-corrected chi connectivity index (χ3v) is 4.77. The average molecular weight is 514 g/mol. The van der Waals surface area contributed by atoms with Crippen LogP contribution >= 0.6 is 24.0 Å². The number of aromatic hydroxyl groups is 1. The van der Waals surface area contributed by atoms with Crippen LogP contribution in [0, 0.1) is 0 Å². The Balaban J connectivity index is 0.00000300. The largest absolute Gasteiger partial charge is 0.508 e. The third-order valence-electron chi connectivity index (χ3n) is 4.77. The van der Waals surface area contributed by atoms with Gasteiger partial charge in [-0.3, -0.25) is 0 Å². The van der Waals surface area contributed by atoms with E-state index >= 15 is 0 Å². The second-order valence-corrected chi connectivity index (χ2v) is 7.29. The lowest BCUT2D eigenvalue weighted by Gasteiger charge is -2.25. The first-order valence-corrected chi connectivity index (χ1v) is 9.84. The maximum atomic E-state index is 10.1. The number of guanidine groups is 1. The monoisotopic (exact) mass is 514 g/mol. The summed E-state index contributed by atoms with van der Waals surface area (Å²) in [7, 11) is 1.61. The molecule has 0 saturated heterocycles. The zero-order chi connectivity index (χ0) is 20.1. The predicted molar refractivity (Wildman–Crippen MR) is 124 cm³/mol. The van der Waals surface area contributed by atoms with Gasteiger partial charge in [-0.1, -0.05) is 13.8 Å². The van der Waals surface area contributed by atoms with E-state index in [0.29, 0.717) is 18.2 Å². The van der Waals surface area contributed by atoms with Crippen LogP contribution in [0.4, 0.5) is 0 Å². The van der Waals surface area contributed by atoms with Crippen LogP contribution < -0.4 is 15.4 Å². The molecule has 0 saturated carbocycles. The molecule has 160 valence electrons. The molecule has 0 radical (unpaired) electrons. The molecule has 0 bridgehead atoms. The molecule has 0 amide bonds. The van der Waals surface area contributed by atoms with Gasteiger partial charge < -0.3 is 20.5 Å². The highest BCUT2D eigenvalue weighted by Gasteiger charge is 2.23. The van der Waals surface area contributed by atoms with Gasteiger partial charge in [-0.05, 0) is 31.5 Å². The van der Waals surface area contributed by atoms with Crippen molar-refractivity contribution < 1.29 is 9.84 Å². The number of aryl methyl sites for hydroxylation is 1. The van der Waals surface area contributed by atoms with Crippen molar-refractivity contribution >= 4 is 29.9 Å². The number of methoxy groups -OCH3 is 1. The Bertz CT molecular complexity index is 836. The van der Waals surface area contributed by atoms with Gasteiger partial charge in [0.1, 0.15) is 17.3 Å². The number of ether oxygens (including phenoxy) is 1. The molecule has 1 atom stereocenters. The molecule has 3 rings (SSSR count). The highest BCUT2D eigenvalue weighted by atomic mass is 127. The van der Waals surface area contributed by atoms with E-state index in [1.54, 1.807) is 25.3 Å². The topological polar surface area (TPSA) is 96.6 Å². The van der Waals surface area contributed by atoms with Crippen LogP contribution in [0.1, 0.15) is 50.3 Å². The fraction of sp³-hybridized carbons (Fsp3) is 0.550. The number of hydrogen-bond donors (Lipinski definition) is 3. The molecule has 1 aliphatic rings. The van der Waals surface area contributed by atoms with Gasteiger partial charge in [0, 0.05) is 30.5 Å². The molecular weight excluding hydrogens is 483 g/mol. The van der Waals surface area contributed by atoms with Gasteiger partial charge in [0.15, 0.2) is 11.8 Å². The number of halogens is 1. The number of nitrogens with one attached hydrogen (secondary N) is 2. The maximum absolute atomic E-state index is 10.1. The Labute approximate surface area is 189 Å². The van der Waals surface area contributed by atoms with Crippen LogP contribution in [0.25, 0.3) is 0 Å². The molecule has 3 N–H and O–H groups in total. The number of benzene rings is 1. The van der Waals surface area contributed by atoms with Crippen LogP contribution in [-0.4, -0.2) is 45.5 Å². The summed E-state index contributed by atoms with van der Waals surface area (Å²) in [5, 5.41) is 21.5. The number of rotatable bonds is 6. The summed E-state index contributed by atoms with van der Waals surface area (Å²) < 4.78 is 7.24. The van der Waals surface area contributed by atoms with Crippen molar-refractivity contribution in [2.24, 2.45) is 4.99 Å². The number of aliphatic imine (C=N–C) groups is 1. The van der Waals surface area contributed by atoms with Crippen molar-refractivity contribution in [3.63, 3.8) is 0 Å². The van der Waals surface area contributed by atoms with Crippen LogP contribution in [0.15, 0.2) is 23.2 Å². The summed E-state index contributed by atoms with van der Waals surface area (Å²) in [4.78, 5) is 9.28. The molecule has 1 aliphatic heterocycles. The van der Waals surface area contributed by atoms with E-state index in [-0.39, 0.29) is 35.8 Å². The normalized spacial score (nSPS) is 16.2. The SMILES string of the molecule is CCNC(=NCc1cc(OC)ccc1O)NC1CCc2nc(C(C)C)nn2C1.I. The minimum Gasteiger partial charge on any atom is -0.508 e. The highest BCUT2D eigenvalue weighted by Crippen LogP contribution is 2.23. The van der Waals surface area contributed by atoms with Crippen LogP contribution in [0.5, 0.6) is 11.5 Å². The van der Waals surface area contributed by atoms with E-state index in [1.807, 2.05) is 11.6 Å². The summed E-state index contributed by atoms with van der Waals surface area (Å²) in [6.45, 7) is 8.14. The molecule has 29 heavy (non-hydrogen) atoms. The Hall–Kier alpha value is -2.04. The van der Waals surface area contributed by atoms with Gasteiger partial charge in [-0.15, -0.1) is 24.0 Å². The van der Waals surface area contributed by atoms with Gasteiger partial charge in [-0.25, -0.2) is 14.7 Å². The molecule has 2 heterocycles. The number of fused-ring (bicyclic) bond motifs is 1. The van der Waals surface area contributed by atoms with Gasteiger partial charge in [-0.2, -0.15) is 5.10 Å². The molecule has 1 aromatic carbocycles. The minimum atomic E-state index is 0. The Morgan fingerprint density at radius 2 is 2.21 bits per heavy atom. The van der Waals surface area contributed by atoms with Crippen molar-refractivity contribution in [1.82, 2.24) is 25.4 Å². The molecule has 0 aliphatic carbocycles. The van der Waals surface area contributed by atoms with Gasteiger partial charge in [0.25, 0.3) is 0 Å².